The highest BCUT2D eigenvalue weighted by molar-refractivity contribution is 7.21. The first-order chi connectivity index (χ1) is 14.6. The lowest BCUT2D eigenvalue weighted by Crippen LogP contribution is -2.14. The average Bonchev–Trinajstić information content (AvgIpc) is 3.09. The summed E-state index contributed by atoms with van der Waals surface area (Å²) in [5, 5.41) is 3.88. The van der Waals surface area contributed by atoms with Crippen LogP contribution in [-0.4, -0.2) is 10.9 Å². The zero-order valence-corrected chi connectivity index (χ0v) is 17.6. The Hall–Kier alpha value is -3.18. The number of nitrogen functional groups attached to an aromatic ring is 1. The second kappa shape index (κ2) is 7.58. The molecule has 2 aromatic carbocycles. The molecule has 4 nitrogen and oxygen atoms in total. The maximum atomic E-state index is 12.9. The molecule has 1 aliphatic rings. The van der Waals surface area contributed by atoms with Crippen LogP contribution in [0, 0.1) is 6.92 Å². The van der Waals surface area contributed by atoms with Crippen molar-refractivity contribution in [3.05, 3.63) is 87.9 Å². The summed E-state index contributed by atoms with van der Waals surface area (Å²) in [6, 6.07) is 20.6. The number of carbonyl (C=O) groups excluding carboxylic acids is 1. The molecule has 0 radical (unpaired) electrons. The molecule has 0 bridgehead atoms. The van der Waals surface area contributed by atoms with Gasteiger partial charge in [0.2, 0.25) is 0 Å². The van der Waals surface area contributed by atoms with Gasteiger partial charge >= 0.3 is 0 Å². The number of fused-ring (bicyclic) bond motifs is 2. The molecule has 0 saturated carbocycles. The number of nitrogens with two attached hydrogens (primary N) is 1. The van der Waals surface area contributed by atoms with Crippen LogP contribution in [0.15, 0.2) is 60.7 Å². The molecule has 3 N–H and O–H groups in total. The van der Waals surface area contributed by atoms with E-state index in [-0.39, 0.29) is 5.91 Å². The summed E-state index contributed by atoms with van der Waals surface area (Å²) < 4.78 is 0. The summed E-state index contributed by atoms with van der Waals surface area (Å²) in [4.78, 5) is 19.2. The van der Waals surface area contributed by atoms with E-state index in [0.717, 1.165) is 46.4 Å². The number of pyridine rings is 1. The lowest BCUT2D eigenvalue weighted by Gasteiger charge is -2.24. The number of benzene rings is 2. The minimum Gasteiger partial charge on any atom is -0.397 e. The number of nitrogens with one attached hydrogen (secondary N) is 1. The van der Waals surface area contributed by atoms with Crippen LogP contribution in [0.4, 0.5) is 11.4 Å². The smallest absolute Gasteiger partial charge is 0.267 e. The fourth-order valence-electron chi connectivity index (χ4n) is 4.26. The molecular formula is C25H23N3OS. The Morgan fingerprint density at radius 2 is 1.90 bits per heavy atom. The lowest BCUT2D eigenvalue weighted by molar-refractivity contribution is 0.103. The van der Waals surface area contributed by atoms with E-state index in [4.69, 9.17) is 10.7 Å². The Morgan fingerprint density at radius 1 is 1.13 bits per heavy atom. The predicted molar refractivity (Wildman–Crippen MR) is 124 cm³/mol. The summed E-state index contributed by atoms with van der Waals surface area (Å²) >= 11 is 1.38. The van der Waals surface area contributed by atoms with Crippen LogP contribution in [0.2, 0.25) is 0 Å². The Kier molecular flexibility index (Phi) is 4.75. The molecule has 0 aliphatic heterocycles. The zero-order valence-electron chi connectivity index (χ0n) is 16.8. The molecule has 150 valence electrons. The van der Waals surface area contributed by atoms with Gasteiger partial charge in [-0.2, -0.15) is 0 Å². The van der Waals surface area contributed by atoms with Crippen LogP contribution < -0.4 is 11.1 Å². The van der Waals surface area contributed by atoms with E-state index in [1.165, 1.54) is 22.5 Å². The number of amides is 1. The van der Waals surface area contributed by atoms with Crippen molar-refractivity contribution < 1.29 is 4.79 Å². The molecule has 5 heteroatoms. The van der Waals surface area contributed by atoms with Crippen molar-refractivity contribution >= 4 is 38.8 Å². The molecule has 2 aromatic heterocycles. The molecule has 1 unspecified atom stereocenters. The summed E-state index contributed by atoms with van der Waals surface area (Å²) in [6.45, 7) is 1.97. The highest BCUT2D eigenvalue weighted by Gasteiger charge is 2.24. The standard InChI is InChI=1S/C25H23N3OS/c1-15-7-5-6-10-20(15)27-24(29)23-22(26)19-14-18-13-17(16-8-3-2-4-9-16)11-12-21(18)28-25(19)30-23/h2-10,14,17H,11-13,26H2,1H3,(H,27,29). The summed E-state index contributed by atoms with van der Waals surface area (Å²) in [6.07, 6.45) is 3.01. The number of rotatable bonds is 3. The number of hydrogen-bond acceptors (Lipinski definition) is 4. The van der Waals surface area contributed by atoms with Gasteiger partial charge in [0, 0.05) is 16.8 Å². The maximum Gasteiger partial charge on any atom is 0.267 e. The minimum atomic E-state index is -0.176. The monoisotopic (exact) mass is 413 g/mol. The van der Waals surface area contributed by atoms with E-state index >= 15 is 0 Å². The molecule has 0 spiro atoms. The third-order valence-corrected chi connectivity index (χ3v) is 7.07. The van der Waals surface area contributed by atoms with Gasteiger partial charge in [0.05, 0.1) is 5.69 Å². The quantitative estimate of drug-likeness (QED) is 0.452. The molecule has 0 fully saturated rings. The Bertz CT molecular complexity index is 1250. The summed E-state index contributed by atoms with van der Waals surface area (Å²) in [5.74, 6) is 0.326. The largest absolute Gasteiger partial charge is 0.397 e. The highest BCUT2D eigenvalue weighted by Crippen LogP contribution is 2.38. The van der Waals surface area contributed by atoms with Gasteiger partial charge in [-0.3, -0.25) is 4.79 Å². The van der Waals surface area contributed by atoms with Crippen LogP contribution >= 0.6 is 11.3 Å². The number of anilines is 2. The van der Waals surface area contributed by atoms with Crippen molar-refractivity contribution in [1.82, 2.24) is 4.98 Å². The number of hydrogen-bond donors (Lipinski definition) is 2. The third kappa shape index (κ3) is 3.35. The zero-order chi connectivity index (χ0) is 20.7. The average molecular weight is 414 g/mol. The first-order valence-electron chi connectivity index (χ1n) is 10.2. The van der Waals surface area contributed by atoms with Crippen molar-refractivity contribution in [3.63, 3.8) is 0 Å². The lowest BCUT2D eigenvalue weighted by atomic mass is 9.82. The molecule has 5 rings (SSSR count). The Labute approximate surface area is 179 Å². The van der Waals surface area contributed by atoms with Gasteiger partial charge in [-0.1, -0.05) is 48.5 Å². The number of aromatic nitrogens is 1. The van der Waals surface area contributed by atoms with Crippen molar-refractivity contribution in [2.45, 2.75) is 32.1 Å². The van der Waals surface area contributed by atoms with E-state index in [0.29, 0.717) is 16.5 Å². The van der Waals surface area contributed by atoms with E-state index in [2.05, 4.69) is 41.7 Å². The van der Waals surface area contributed by atoms with Gasteiger partial charge in [-0.15, -0.1) is 11.3 Å². The van der Waals surface area contributed by atoms with E-state index in [9.17, 15) is 4.79 Å². The van der Waals surface area contributed by atoms with Crippen LogP contribution in [0.1, 0.15) is 44.4 Å². The van der Waals surface area contributed by atoms with Crippen molar-refractivity contribution in [2.24, 2.45) is 0 Å². The molecule has 2 heterocycles. The van der Waals surface area contributed by atoms with Gasteiger partial charge in [-0.25, -0.2) is 4.98 Å². The number of aryl methyl sites for hydroxylation is 2. The van der Waals surface area contributed by atoms with Crippen LogP contribution in [0.3, 0.4) is 0 Å². The molecule has 1 amide bonds. The van der Waals surface area contributed by atoms with Gasteiger partial charge in [0.15, 0.2) is 0 Å². The van der Waals surface area contributed by atoms with Gasteiger partial charge in [0.1, 0.15) is 9.71 Å². The van der Waals surface area contributed by atoms with Gasteiger partial charge < -0.3 is 11.1 Å². The van der Waals surface area contributed by atoms with Gasteiger partial charge in [-0.05, 0) is 60.9 Å². The highest BCUT2D eigenvalue weighted by atomic mass is 32.1. The Balaban J connectivity index is 1.47. The second-order valence-corrected chi connectivity index (χ2v) is 8.91. The van der Waals surface area contributed by atoms with Crippen LogP contribution in [0.25, 0.3) is 10.2 Å². The number of carbonyl (C=O) groups is 1. The molecule has 1 aliphatic carbocycles. The third-order valence-electron chi connectivity index (χ3n) is 5.96. The second-order valence-electron chi connectivity index (χ2n) is 7.91. The first-order valence-corrected chi connectivity index (χ1v) is 11.0. The molecule has 0 saturated heterocycles. The number of thiophene rings is 1. The van der Waals surface area contributed by atoms with E-state index < -0.39 is 0 Å². The molecular weight excluding hydrogens is 390 g/mol. The summed E-state index contributed by atoms with van der Waals surface area (Å²) in [5.41, 5.74) is 12.5. The van der Waals surface area contributed by atoms with Crippen LogP contribution in [0.5, 0.6) is 0 Å². The minimum absolute atomic E-state index is 0.176. The number of nitrogens with zero attached hydrogens (tertiary/aromatic N) is 1. The summed E-state index contributed by atoms with van der Waals surface area (Å²) in [7, 11) is 0. The number of para-hydroxylation sites is 1. The molecule has 1 atom stereocenters. The fourth-order valence-corrected chi connectivity index (χ4v) is 5.25. The van der Waals surface area contributed by atoms with E-state index in [1.807, 2.05) is 31.2 Å². The maximum absolute atomic E-state index is 12.9. The van der Waals surface area contributed by atoms with E-state index in [1.54, 1.807) is 0 Å². The van der Waals surface area contributed by atoms with Gasteiger partial charge in [0.25, 0.3) is 5.91 Å². The van der Waals surface area contributed by atoms with Crippen molar-refractivity contribution in [2.75, 3.05) is 11.1 Å². The predicted octanol–water partition coefficient (Wildman–Crippen LogP) is 5.71. The van der Waals surface area contributed by atoms with Crippen molar-refractivity contribution in [3.8, 4) is 0 Å². The normalized spacial score (nSPS) is 15.7. The fraction of sp³-hybridized carbons (Fsp3) is 0.200. The first kappa shape index (κ1) is 18.8. The van der Waals surface area contributed by atoms with Crippen LogP contribution in [-0.2, 0) is 12.8 Å². The molecule has 30 heavy (non-hydrogen) atoms. The van der Waals surface area contributed by atoms with Crippen molar-refractivity contribution in [1.29, 1.82) is 0 Å². The molecule has 4 aromatic rings. The SMILES string of the molecule is Cc1ccccc1NC(=O)c1sc2nc3c(cc2c1N)CC(c1ccccc1)CC3. The Morgan fingerprint density at radius 3 is 2.70 bits per heavy atom. The topological polar surface area (TPSA) is 68.0 Å².